The number of nitrogens with zero attached hydrogens (tertiary/aromatic N) is 1. The Morgan fingerprint density at radius 2 is 1.63 bits per heavy atom. The normalized spacial score (nSPS) is 15.9. The fourth-order valence-electron chi connectivity index (χ4n) is 3.03. The highest BCUT2D eigenvalue weighted by molar-refractivity contribution is 6.00. The van der Waals surface area contributed by atoms with Gasteiger partial charge in [0.2, 0.25) is 0 Å². The number of aliphatic carboxylic acids is 1. The fourth-order valence-corrected chi connectivity index (χ4v) is 3.03. The monoisotopic (exact) mass is 418 g/mol. The van der Waals surface area contributed by atoms with Gasteiger partial charge >= 0.3 is 23.9 Å². The number of hydrogen-bond acceptors (Lipinski definition) is 9. The second-order valence-electron chi connectivity index (χ2n) is 6.27. The van der Waals surface area contributed by atoms with E-state index in [9.17, 15) is 19.2 Å². The summed E-state index contributed by atoms with van der Waals surface area (Å²) in [5.74, 6) is -4.70. The third kappa shape index (κ3) is 5.43. The van der Waals surface area contributed by atoms with Gasteiger partial charge in [-0.2, -0.15) is 0 Å². The lowest BCUT2D eigenvalue weighted by atomic mass is 9.81. The summed E-state index contributed by atoms with van der Waals surface area (Å²) in [6.07, 6.45) is 3.00. The number of ether oxygens (including phenoxy) is 3. The molecule has 1 aliphatic heterocycles. The molecule has 1 aromatic rings. The zero-order chi connectivity index (χ0) is 22.3. The zero-order valence-electron chi connectivity index (χ0n) is 16.8. The second-order valence-corrected chi connectivity index (χ2v) is 6.27. The van der Waals surface area contributed by atoms with E-state index < -0.39 is 43.0 Å². The van der Waals surface area contributed by atoms with Crippen LogP contribution in [0.4, 0.5) is 0 Å². The molecule has 0 saturated carbocycles. The summed E-state index contributed by atoms with van der Waals surface area (Å²) in [6.45, 7) is 3.56. The molecule has 1 unspecified atom stereocenters. The van der Waals surface area contributed by atoms with E-state index in [-0.39, 0.29) is 17.8 Å². The van der Waals surface area contributed by atoms with Crippen LogP contribution in [-0.2, 0) is 33.4 Å². The van der Waals surface area contributed by atoms with Gasteiger partial charge in [0.1, 0.15) is 0 Å². The van der Waals surface area contributed by atoms with Gasteiger partial charge in [-0.3, -0.25) is 4.98 Å². The lowest BCUT2D eigenvalue weighted by Gasteiger charge is -2.30. The fraction of sp³-hybridized carbons (Fsp3) is 0.350. The number of dihydropyridines is 1. The molecule has 2 rings (SSSR count). The molecule has 160 valence electrons. The molecule has 1 aliphatic rings. The first kappa shape index (κ1) is 22.6. The molecule has 2 heterocycles. The minimum Gasteiger partial charge on any atom is -0.479 e. The van der Waals surface area contributed by atoms with E-state index in [0.29, 0.717) is 17.0 Å². The molecule has 1 atom stereocenters. The van der Waals surface area contributed by atoms with Crippen LogP contribution in [0, 0.1) is 0 Å². The Morgan fingerprint density at radius 1 is 1.03 bits per heavy atom. The van der Waals surface area contributed by atoms with E-state index in [0.717, 1.165) is 0 Å². The van der Waals surface area contributed by atoms with Gasteiger partial charge in [-0.25, -0.2) is 19.2 Å². The molecule has 0 spiro atoms. The number of carbonyl (C=O) groups excluding carboxylic acids is 3. The van der Waals surface area contributed by atoms with Crippen LogP contribution in [0.25, 0.3) is 0 Å². The molecule has 0 bridgehead atoms. The minimum atomic E-state index is -1.32. The topological polar surface area (TPSA) is 141 Å². The number of allylic oxidation sites excluding steroid dienone is 2. The number of aromatic nitrogens is 1. The van der Waals surface area contributed by atoms with Crippen molar-refractivity contribution < 1.29 is 38.5 Å². The van der Waals surface area contributed by atoms with Crippen LogP contribution < -0.4 is 5.32 Å². The summed E-state index contributed by atoms with van der Waals surface area (Å²) < 4.78 is 14.7. The number of carbonyl (C=O) groups is 4. The average molecular weight is 418 g/mol. The standard InChI is InChI=1S/C20H22N2O8/c1-4-28-15(25)10-30-20(27)17-12(3)22-11(2)16(19(26)29-9-14(23)24)18(17)13-6-5-7-21-8-13/h5-8,18,22H,4,9-10H2,1-3H3,(H,23,24). The van der Waals surface area contributed by atoms with Crippen LogP contribution >= 0.6 is 0 Å². The number of carboxylic acids is 1. The van der Waals surface area contributed by atoms with Crippen molar-refractivity contribution >= 4 is 23.9 Å². The third-order valence-corrected chi connectivity index (χ3v) is 4.17. The third-order valence-electron chi connectivity index (χ3n) is 4.17. The number of pyridine rings is 1. The molecule has 1 aromatic heterocycles. The molecular weight excluding hydrogens is 396 g/mol. The van der Waals surface area contributed by atoms with Gasteiger partial charge in [-0.05, 0) is 32.4 Å². The first-order chi connectivity index (χ1) is 14.3. The van der Waals surface area contributed by atoms with Crippen molar-refractivity contribution in [2.24, 2.45) is 0 Å². The van der Waals surface area contributed by atoms with Gasteiger partial charge in [0, 0.05) is 23.8 Å². The van der Waals surface area contributed by atoms with Crippen molar-refractivity contribution in [3.05, 3.63) is 52.6 Å². The van der Waals surface area contributed by atoms with Crippen molar-refractivity contribution in [2.75, 3.05) is 19.8 Å². The van der Waals surface area contributed by atoms with Gasteiger partial charge in [0.15, 0.2) is 13.2 Å². The quantitative estimate of drug-likeness (QED) is 0.465. The van der Waals surface area contributed by atoms with Gasteiger partial charge in [0.05, 0.1) is 23.7 Å². The molecule has 0 aromatic carbocycles. The summed E-state index contributed by atoms with van der Waals surface area (Å²) in [7, 11) is 0. The molecule has 0 fully saturated rings. The van der Waals surface area contributed by atoms with E-state index in [1.807, 2.05) is 0 Å². The molecule has 0 amide bonds. The number of nitrogens with one attached hydrogen (secondary N) is 1. The van der Waals surface area contributed by atoms with E-state index in [1.165, 1.54) is 12.4 Å². The van der Waals surface area contributed by atoms with Gasteiger partial charge < -0.3 is 24.6 Å². The van der Waals surface area contributed by atoms with E-state index in [2.05, 4.69) is 10.3 Å². The lowest BCUT2D eigenvalue weighted by Crippen LogP contribution is -2.33. The predicted octanol–water partition coefficient (Wildman–Crippen LogP) is 1.05. The summed E-state index contributed by atoms with van der Waals surface area (Å²) in [4.78, 5) is 51.9. The van der Waals surface area contributed by atoms with Crippen LogP contribution in [0.5, 0.6) is 0 Å². The largest absolute Gasteiger partial charge is 0.479 e. The SMILES string of the molecule is CCOC(=O)COC(=O)C1=C(C)NC(C)=C(C(=O)OCC(=O)O)C1c1cccnc1. The molecule has 10 heteroatoms. The van der Waals surface area contributed by atoms with Crippen LogP contribution in [0.3, 0.4) is 0 Å². The average Bonchev–Trinajstić information content (AvgIpc) is 2.70. The summed E-state index contributed by atoms with van der Waals surface area (Å²) >= 11 is 0. The molecule has 10 nitrogen and oxygen atoms in total. The van der Waals surface area contributed by atoms with Crippen LogP contribution in [-0.4, -0.2) is 53.8 Å². The number of rotatable bonds is 8. The smallest absolute Gasteiger partial charge is 0.344 e. The number of esters is 3. The number of carboxylic acid groups (broad SMARTS) is 1. The Morgan fingerprint density at radius 3 is 2.13 bits per heavy atom. The van der Waals surface area contributed by atoms with Crippen molar-refractivity contribution in [2.45, 2.75) is 26.7 Å². The molecule has 0 radical (unpaired) electrons. The maximum Gasteiger partial charge on any atom is 0.344 e. The van der Waals surface area contributed by atoms with Crippen LogP contribution in [0.2, 0.25) is 0 Å². The minimum absolute atomic E-state index is 0.0398. The van der Waals surface area contributed by atoms with Crippen molar-refractivity contribution in [3.8, 4) is 0 Å². The zero-order valence-corrected chi connectivity index (χ0v) is 16.8. The van der Waals surface area contributed by atoms with E-state index in [1.54, 1.807) is 32.9 Å². The molecule has 30 heavy (non-hydrogen) atoms. The Labute approximate surface area is 172 Å². The first-order valence-electron chi connectivity index (χ1n) is 9.06. The van der Waals surface area contributed by atoms with E-state index in [4.69, 9.17) is 19.3 Å². The van der Waals surface area contributed by atoms with Crippen molar-refractivity contribution in [1.29, 1.82) is 0 Å². The van der Waals surface area contributed by atoms with Crippen LogP contribution in [0.15, 0.2) is 47.1 Å². The van der Waals surface area contributed by atoms with Crippen LogP contribution in [0.1, 0.15) is 32.3 Å². The maximum absolute atomic E-state index is 12.8. The second kappa shape index (κ2) is 10.2. The first-order valence-corrected chi connectivity index (χ1v) is 9.06. The Kier molecular flexibility index (Phi) is 7.68. The maximum atomic E-state index is 12.8. The lowest BCUT2D eigenvalue weighted by molar-refractivity contribution is -0.156. The van der Waals surface area contributed by atoms with Gasteiger partial charge in [-0.1, -0.05) is 6.07 Å². The summed E-state index contributed by atoms with van der Waals surface area (Å²) in [5.41, 5.74) is 1.39. The van der Waals surface area contributed by atoms with Crippen molar-refractivity contribution in [3.63, 3.8) is 0 Å². The van der Waals surface area contributed by atoms with Crippen molar-refractivity contribution in [1.82, 2.24) is 10.3 Å². The van der Waals surface area contributed by atoms with Gasteiger partial charge in [-0.15, -0.1) is 0 Å². The highest BCUT2D eigenvalue weighted by Crippen LogP contribution is 2.38. The summed E-state index contributed by atoms with van der Waals surface area (Å²) in [5, 5.41) is 11.7. The Hall–Kier alpha value is -3.69. The van der Waals surface area contributed by atoms with Gasteiger partial charge in [0.25, 0.3) is 0 Å². The highest BCUT2D eigenvalue weighted by Gasteiger charge is 2.38. The Balaban J connectivity index is 2.42. The molecular formula is C20H22N2O8. The Bertz CT molecular complexity index is 905. The summed E-state index contributed by atoms with van der Waals surface area (Å²) in [6, 6.07) is 3.29. The molecule has 0 aliphatic carbocycles. The predicted molar refractivity (Wildman–Crippen MR) is 102 cm³/mol. The molecule has 0 saturated heterocycles. The van der Waals surface area contributed by atoms with E-state index >= 15 is 0 Å². The number of hydrogen-bond donors (Lipinski definition) is 2. The highest BCUT2D eigenvalue weighted by atomic mass is 16.6. The molecule has 2 N–H and O–H groups in total.